The van der Waals surface area contributed by atoms with E-state index in [-0.39, 0.29) is 24.8 Å². The van der Waals surface area contributed by atoms with E-state index in [4.69, 9.17) is 4.74 Å². The number of carbonyl (C=O) groups excluding carboxylic acids is 2. The van der Waals surface area contributed by atoms with Crippen LogP contribution < -0.4 is 0 Å². The number of nitrogens with one attached hydrogen (secondary N) is 1. The molecule has 0 spiro atoms. The fourth-order valence-electron chi connectivity index (χ4n) is 1.53. The van der Waals surface area contributed by atoms with Crippen molar-refractivity contribution in [2.24, 2.45) is 0 Å². The summed E-state index contributed by atoms with van der Waals surface area (Å²) in [6.07, 6.45) is 0.148. The molecular formula is C12H19N3O4. The molecule has 0 fully saturated rings. The molecule has 0 atom stereocenters. The average molecular weight is 269 g/mol. The number of aromatic nitrogens is 2. The molecule has 1 aromatic rings. The van der Waals surface area contributed by atoms with Gasteiger partial charge < -0.3 is 14.4 Å². The number of carbonyl (C=O) groups is 2. The molecule has 0 aliphatic carbocycles. The second-order valence-corrected chi connectivity index (χ2v) is 4.05. The molecule has 1 amide bonds. The summed E-state index contributed by atoms with van der Waals surface area (Å²) in [5, 5.41) is 6.63. The van der Waals surface area contributed by atoms with Crippen molar-refractivity contribution in [3.8, 4) is 0 Å². The molecular weight excluding hydrogens is 250 g/mol. The van der Waals surface area contributed by atoms with Crippen molar-refractivity contribution in [2.45, 2.75) is 13.3 Å². The molecule has 106 valence electrons. The maximum atomic E-state index is 12.2. The highest BCUT2D eigenvalue weighted by Gasteiger charge is 2.19. The number of nitrogens with zero attached hydrogens (tertiary/aromatic N) is 2. The number of aromatic amines is 1. The van der Waals surface area contributed by atoms with Crippen LogP contribution in [0.5, 0.6) is 0 Å². The van der Waals surface area contributed by atoms with E-state index in [9.17, 15) is 9.59 Å². The summed E-state index contributed by atoms with van der Waals surface area (Å²) in [5.74, 6) is -0.585. The Hall–Kier alpha value is -1.89. The van der Waals surface area contributed by atoms with Crippen molar-refractivity contribution in [1.82, 2.24) is 15.1 Å². The molecule has 1 heterocycles. The maximum absolute atomic E-state index is 12.2. The molecule has 0 saturated heterocycles. The fourth-order valence-corrected chi connectivity index (χ4v) is 1.53. The maximum Gasteiger partial charge on any atom is 0.307 e. The van der Waals surface area contributed by atoms with Crippen molar-refractivity contribution in [2.75, 3.05) is 33.9 Å². The summed E-state index contributed by atoms with van der Waals surface area (Å²) >= 11 is 0. The first-order valence-electron chi connectivity index (χ1n) is 5.95. The first-order valence-corrected chi connectivity index (χ1v) is 5.95. The number of rotatable bonds is 7. The fraction of sp³-hybridized carbons (Fsp3) is 0.583. The molecule has 7 heteroatoms. The van der Waals surface area contributed by atoms with Crippen LogP contribution in [-0.4, -0.2) is 60.9 Å². The first kappa shape index (κ1) is 15.2. The Balaban J connectivity index is 2.66. The van der Waals surface area contributed by atoms with Crippen LogP contribution in [0.1, 0.15) is 22.6 Å². The normalized spacial score (nSPS) is 10.3. The molecule has 0 aliphatic heterocycles. The van der Waals surface area contributed by atoms with Crippen molar-refractivity contribution in [1.29, 1.82) is 0 Å². The second kappa shape index (κ2) is 7.52. The third-order valence-corrected chi connectivity index (χ3v) is 2.59. The van der Waals surface area contributed by atoms with Crippen LogP contribution in [0.3, 0.4) is 0 Å². The zero-order valence-electron chi connectivity index (χ0n) is 11.4. The van der Waals surface area contributed by atoms with E-state index in [0.717, 1.165) is 5.69 Å². The molecule has 0 radical (unpaired) electrons. The summed E-state index contributed by atoms with van der Waals surface area (Å²) in [6.45, 7) is 2.90. The number of aryl methyl sites for hydroxylation is 1. The number of H-pyrrole nitrogens is 1. The molecule has 1 aromatic heterocycles. The molecule has 7 nitrogen and oxygen atoms in total. The topological polar surface area (TPSA) is 84.5 Å². The monoisotopic (exact) mass is 269 g/mol. The minimum atomic E-state index is -0.353. The van der Waals surface area contributed by atoms with E-state index >= 15 is 0 Å². The Kier molecular flexibility index (Phi) is 6.01. The van der Waals surface area contributed by atoms with Crippen LogP contribution in [0.4, 0.5) is 0 Å². The van der Waals surface area contributed by atoms with Gasteiger partial charge in [0.2, 0.25) is 0 Å². The van der Waals surface area contributed by atoms with Crippen LogP contribution in [-0.2, 0) is 14.3 Å². The van der Waals surface area contributed by atoms with Gasteiger partial charge in [-0.2, -0.15) is 5.10 Å². The minimum Gasteiger partial charge on any atom is -0.469 e. The van der Waals surface area contributed by atoms with Gasteiger partial charge >= 0.3 is 5.97 Å². The third-order valence-electron chi connectivity index (χ3n) is 2.59. The molecule has 0 aromatic carbocycles. The predicted molar refractivity (Wildman–Crippen MR) is 67.7 cm³/mol. The molecule has 0 unspecified atom stereocenters. The highest BCUT2D eigenvalue weighted by Crippen LogP contribution is 2.05. The van der Waals surface area contributed by atoms with Gasteiger partial charge in [-0.25, -0.2) is 0 Å². The Morgan fingerprint density at radius 3 is 2.63 bits per heavy atom. The molecule has 0 aliphatic rings. The summed E-state index contributed by atoms with van der Waals surface area (Å²) in [6, 6.07) is 1.67. The summed E-state index contributed by atoms with van der Waals surface area (Å²) in [4.78, 5) is 24.9. The van der Waals surface area contributed by atoms with Crippen LogP contribution in [0.15, 0.2) is 6.07 Å². The zero-order chi connectivity index (χ0) is 14.3. The van der Waals surface area contributed by atoms with Gasteiger partial charge in [0, 0.05) is 25.9 Å². The van der Waals surface area contributed by atoms with Crippen molar-refractivity contribution in [3.05, 3.63) is 17.5 Å². The lowest BCUT2D eigenvalue weighted by molar-refractivity contribution is -0.140. The predicted octanol–water partition coefficient (Wildman–Crippen LogP) is 0.370. The summed E-state index contributed by atoms with van der Waals surface area (Å²) in [7, 11) is 2.88. The van der Waals surface area contributed by atoms with Crippen LogP contribution in [0.2, 0.25) is 0 Å². The summed E-state index contributed by atoms with van der Waals surface area (Å²) < 4.78 is 9.52. The SMILES string of the molecule is COCCN(CCC(=O)OC)C(=O)c1cc(C)[nH]n1. The molecule has 0 saturated carbocycles. The van der Waals surface area contributed by atoms with Gasteiger partial charge in [-0.15, -0.1) is 0 Å². The minimum absolute atomic E-state index is 0.148. The van der Waals surface area contributed by atoms with Crippen molar-refractivity contribution >= 4 is 11.9 Å². The van der Waals surface area contributed by atoms with E-state index in [1.165, 1.54) is 12.0 Å². The Morgan fingerprint density at radius 2 is 2.11 bits per heavy atom. The van der Waals surface area contributed by atoms with Crippen LogP contribution >= 0.6 is 0 Å². The Morgan fingerprint density at radius 1 is 1.37 bits per heavy atom. The van der Waals surface area contributed by atoms with Crippen molar-refractivity contribution in [3.63, 3.8) is 0 Å². The Bertz CT molecular complexity index is 430. The zero-order valence-corrected chi connectivity index (χ0v) is 11.4. The van der Waals surface area contributed by atoms with E-state index in [1.807, 2.05) is 6.92 Å². The van der Waals surface area contributed by atoms with Crippen LogP contribution in [0.25, 0.3) is 0 Å². The van der Waals surface area contributed by atoms with Crippen LogP contribution in [0, 0.1) is 6.92 Å². The molecule has 0 bridgehead atoms. The second-order valence-electron chi connectivity index (χ2n) is 4.05. The van der Waals surface area contributed by atoms with Gasteiger partial charge in [0.15, 0.2) is 0 Å². The van der Waals surface area contributed by atoms with Gasteiger partial charge in [-0.05, 0) is 13.0 Å². The van der Waals surface area contributed by atoms with Gasteiger partial charge in [0.05, 0.1) is 20.1 Å². The average Bonchev–Trinajstić information content (AvgIpc) is 2.84. The smallest absolute Gasteiger partial charge is 0.307 e. The van der Waals surface area contributed by atoms with E-state index < -0.39 is 0 Å². The highest BCUT2D eigenvalue weighted by atomic mass is 16.5. The summed E-state index contributed by atoms with van der Waals surface area (Å²) in [5.41, 5.74) is 1.14. The number of esters is 1. The van der Waals surface area contributed by atoms with E-state index in [2.05, 4.69) is 14.9 Å². The standard InChI is InChI=1S/C12H19N3O4/c1-9-8-10(14-13-9)12(17)15(6-7-18-2)5-4-11(16)19-3/h8H,4-7H2,1-3H3,(H,13,14). The lowest BCUT2D eigenvalue weighted by atomic mass is 10.3. The quantitative estimate of drug-likeness (QED) is 0.723. The van der Waals surface area contributed by atoms with Gasteiger partial charge in [0.1, 0.15) is 5.69 Å². The van der Waals surface area contributed by atoms with E-state index in [1.54, 1.807) is 13.2 Å². The van der Waals surface area contributed by atoms with Gasteiger partial charge in [-0.1, -0.05) is 0 Å². The number of methoxy groups -OCH3 is 2. The highest BCUT2D eigenvalue weighted by molar-refractivity contribution is 5.92. The number of hydrogen-bond donors (Lipinski definition) is 1. The lowest BCUT2D eigenvalue weighted by Gasteiger charge is -2.20. The van der Waals surface area contributed by atoms with E-state index in [0.29, 0.717) is 18.8 Å². The van der Waals surface area contributed by atoms with Crippen molar-refractivity contribution < 1.29 is 19.1 Å². The molecule has 19 heavy (non-hydrogen) atoms. The number of ether oxygens (including phenoxy) is 2. The largest absolute Gasteiger partial charge is 0.469 e. The number of amides is 1. The molecule has 1 rings (SSSR count). The first-order chi connectivity index (χ1) is 9.08. The number of hydrogen-bond acceptors (Lipinski definition) is 5. The third kappa shape index (κ3) is 4.70. The molecule has 1 N–H and O–H groups in total. The lowest BCUT2D eigenvalue weighted by Crippen LogP contribution is -2.36. The Labute approximate surface area is 111 Å². The van der Waals surface area contributed by atoms with Gasteiger partial charge in [0.25, 0.3) is 5.91 Å². The van der Waals surface area contributed by atoms with Gasteiger partial charge in [-0.3, -0.25) is 14.7 Å².